The number of rotatable bonds is 10. The molecule has 7 heteroatoms. The van der Waals surface area contributed by atoms with Gasteiger partial charge in [0.2, 0.25) is 0 Å². The van der Waals surface area contributed by atoms with Crippen molar-refractivity contribution in [3.05, 3.63) is 77.7 Å². The molecule has 1 aliphatic rings. The van der Waals surface area contributed by atoms with Crippen LogP contribution in [-0.4, -0.2) is 41.5 Å². The topological polar surface area (TPSA) is 67.6 Å². The molecule has 0 unspecified atom stereocenters. The molecule has 39 heavy (non-hydrogen) atoms. The van der Waals surface area contributed by atoms with Crippen molar-refractivity contribution in [3.8, 4) is 5.75 Å². The molecule has 1 N–H and O–H groups in total. The maximum Gasteiger partial charge on any atom is 0.152 e. The van der Waals surface area contributed by atoms with Crippen molar-refractivity contribution in [3.63, 3.8) is 0 Å². The molecule has 2 aromatic heterocycles. The zero-order valence-corrected chi connectivity index (χ0v) is 23.6. The minimum atomic E-state index is 0.226. The maximum absolute atomic E-state index is 6.13. The van der Waals surface area contributed by atoms with Gasteiger partial charge >= 0.3 is 0 Å². The first-order valence-electron chi connectivity index (χ1n) is 14.1. The number of fused-ring (bicyclic) bond motifs is 1. The molecule has 204 valence electrons. The van der Waals surface area contributed by atoms with Gasteiger partial charge in [0.1, 0.15) is 24.0 Å². The highest BCUT2D eigenvalue weighted by Gasteiger charge is 2.15. The second-order valence-electron chi connectivity index (χ2n) is 10.9. The summed E-state index contributed by atoms with van der Waals surface area (Å²) in [6.45, 7) is 5.53. The quantitative estimate of drug-likeness (QED) is 0.176. The third-order valence-electron chi connectivity index (χ3n) is 7.46. The van der Waals surface area contributed by atoms with Crippen LogP contribution >= 0.6 is 0 Å². The Labute approximate surface area is 231 Å². The molecule has 0 saturated heterocycles. The number of nitrogens with one attached hydrogen (secondary N) is 1. The first-order valence-corrected chi connectivity index (χ1v) is 14.1. The van der Waals surface area contributed by atoms with Crippen LogP contribution in [0.4, 0.5) is 11.6 Å². The highest BCUT2D eigenvalue weighted by molar-refractivity contribution is 5.99. The molecule has 1 fully saturated rings. The number of aromatic nitrogens is 3. The summed E-state index contributed by atoms with van der Waals surface area (Å²) in [6.07, 6.45) is 10.7. The van der Waals surface area contributed by atoms with Gasteiger partial charge in [0.05, 0.1) is 12.8 Å². The highest BCUT2D eigenvalue weighted by Crippen LogP contribution is 2.33. The summed E-state index contributed by atoms with van der Waals surface area (Å²) in [6, 6.07) is 19.1. The van der Waals surface area contributed by atoms with Gasteiger partial charge in [0.15, 0.2) is 5.82 Å². The lowest BCUT2D eigenvalue weighted by molar-refractivity contribution is 0.300. The van der Waals surface area contributed by atoms with E-state index >= 15 is 0 Å². The van der Waals surface area contributed by atoms with E-state index in [1.54, 1.807) is 0 Å². The lowest BCUT2D eigenvalue weighted by atomic mass is 9.84. The van der Waals surface area contributed by atoms with Crippen LogP contribution in [0.1, 0.15) is 74.7 Å². The molecular formula is C32H40N6O. The Kier molecular flexibility index (Phi) is 8.45. The van der Waals surface area contributed by atoms with Gasteiger partial charge in [-0.2, -0.15) is 5.10 Å². The smallest absolute Gasteiger partial charge is 0.152 e. The number of para-hydroxylation sites is 1. The van der Waals surface area contributed by atoms with Crippen LogP contribution in [-0.2, 0) is 6.54 Å². The molecule has 0 bridgehead atoms. The van der Waals surface area contributed by atoms with Crippen molar-refractivity contribution in [2.24, 2.45) is 5.10 Å². The van der Waals surface area contributed by atoms with E-state index in [0.717, 1.165) is 46.3 Å². The zero-order chi connectivity index (χ0) is 27.2. The van der Waals surface area contributed by atoms with Crippen LogP contribution in [0, 0.1) is 0 Å². The Morgan fingerprint density at radius 1 is 1.05 bits per heavy atom. The van der Waals surface area contributed by atoms with E-state index in [0.29, 0.717) is 12.4 Å². The lowest BCUT2D eigenvalue weighted by Crippen LogP contribution is -2.13. The van der Waals surface area contributed by atoms with Crippen molar-refractivity contribution >= 4 is 28.8 Å². The monoisotopic (exact) mass is 524 g/mol. The summed E-state index contributed by atoms with van der Waals surface area (Å²) in [5.41, 5.74) is 6.77. The second kappa shape index (κ2) is 12.3. The number of hydrogen-bond donors (Lipinski definition) is 1. The van der Waals surface area contributed by atoms with E-state index < -0.39 is 0 Å². The average molecular weight is 525 g/mol. The molecule has 2 heterocycles. The van der Waals surface area contributed by atoms with Gasteiger partial charge in [-0.3, -0.25) is 5.43 Å². The van der Waals surface area contributed by atoms with Gasteiger partial charge in [0, 0.05) is 48.7 Å². The molecule has 0 radical (unpaired) electrons. The van der Waals surface area contributed by atoms with Crippen LogP contribution in [0.2, 0.25) is 0 Å². The summed E-state index contributed by atoms with van der Waals surface area (Å²) >= 11 is 0. The number of benzene rings is 2. The largest absolute Gasteiger partial charge is 0.492 e. The van der Waals surface area contributed by atoms with Crippen LogP contribution in [0.3, 0.4) is 0 Å². The van der Waals surface area contributed by atoms with Crippen LogP contribution < -0.4 is 15.1 Å². The third-order valence-corrected chi connectivity index (χ3v) is 7.46. The first kappa shape index (κ1) is 26.7. The van der Waals surface area contributed by atoms with Gasteiger partial charge in [-0.15, -0.1) is 0 Å². The molecular weight excluding hydrogens is 484 g/mol. The van der Waals surface area contributed by atoms with Gasteiger partial charge in [-0.1, -0.05) is 63.4 Å². The number of anilines is 2. The van der Waals surface area contributed by atoms with Crippen molar-refractivity contribution in [1.29, 1.82) is 0 Å². The standard InChI is InChI=1S/C32H40N6O/c1-23(2)32-34-30(20-31(35-32)37(3)4)36-33-21-26-22-38(29-13-9-8-12-28(26)29)18-19-39-27-16-14-25(15-17-27)24-10-6-5-7-11-24/h8-9,12-17,20-24H,5-7,10-11,18-19H2,1-4H3,(H,34,35,36). The van der Waals surface area contributed by atoms with Crippen molar-refractivity contribution in [1.82, 2.24) is 14.5 Å². The minimum Gasteiger partial charge on any atom is -0.492 e. The summed E-state index contributed by atoms with van der Waals surface area (Å²) in [7, 11) is 3.95. The first-order chi connectivity index (χ1) is 19.0. The normalized spacial score (nSPS) is 14.4. The van der Waals surface area contributed by atoms with Crippen molar-refractivity contribution < 1.29 is 4.74 Å². The van der Waals surface area contributed by atoms with E-state index in [1.165, 1.54) is 37.7 Å². The second-order valence-corrected chi connectivity index (χ2v) is 10.9. The van der Waals surface area contributed by atoms with Gasteiger partial charge < -0.3 is 14.2 Å². The third kappa shape index (κ3) is 6.59. The molecule has 2 aromatic carbocycles. The molecule has 0 aliphatic heterocycles. The Bertz CT molecular complexity index is 1370. The number of nitrogens with zero attached hydrogens (tertiary/aromatic N) is 5. The predicted molar refractivity (Wildman–Crippen MR) is 161 cm³/mol. The van der Waals surface area contributed by atoms with Gasteiger partial charge in [0.25, 0.3) is 0 Å². The Balaban J connectivity index is 1.24. The van der Waals surface area contributed by atoms with E-state index in [1.807, 2.05) is 31.3 Å². The molecule has 0 spiro atoms. The Morgan fingerprint density at radius 3 is 2.56 bits per heavy atom. The minimum absolute atomic E-state index is 0.226. The maximum atomic E-state index is 6.13. The fourth-order valence-electron chi connectivity index (χ4n) is 5.26. The molecule has 4 aromatic rings. The SMILES string of the molecule is CC(C)c1nc(NN=Cc2cn(CCOc3ccc(C4CCCCC4)cc3)c3ccccc23)cc(N(C)C)n1. The van der Waals surface area contributed by atoms with Crippen LogP contribution in [0.25, 0.3) is 10.9 Å². The molecule has 1 saturated carbocycles. The predicted octanol–water partition coefficient (Wildman–Crippen LogP) is 7.19. The number of hydrogen-bond acceptors (Lipinski definition) is 6. The van der Waals surface area contributed by atoms with Gasteiger partial charge in [-0.05, 0) is 42.5 Å². The lowest BCUT2D eigenvalue weighted by Gasteiger charge is -2.22. The molecule has 7 nitrogen and oxygen atoms in total. The van der Waals surface area contributed by atoms with Gasteiger partial charge in [-0.25, -0.2) is 9.97 Å². The van der Waals surface area contributed by atoms with Crippen molar-refractivity contribution in [2.75, 3.05) is 31.0 Å². The van der Waals surface area contributed by atoms with E-state index in [9.17, 15) is 0 Å². The van der Waals surface area contributed by atoms with Crippen LogP contribution in [0.5, 0.6) is 5.75 Å². The molecule has 1 aliphatic carbocycles. The fraction of sp³-hybridized carbons (Fsp3) is 0.406. The summed E-state index contributed by atoms with van der Waals surface area (Å²) < 4.78 is 8.36. The molecule has 5 rings (SSSR count). The zero-order valence-electron chi connectivity index (χ0n) is 23.6. The van der Waals surface area contributed by atoms with E-state index in [-0.39, 0.29) is 5.92 Å². The summed E-state index contributed by atoms with van der Waals surface area (Å²) in [5, 5.41) is 5.67. The highest BCUT2D eigenvalue weighted by atomic mass is 16.5. The Morgan fingerprint density at radius 2 is 1.82 bits per heavy atom. The average Bonchev–Trinajstić information content (AvgIpc) is 3.31. The van der Waals surface area contributed by atoms with Crippen LogP contribution in [0.15, 0.2) is 65.9 Å². The summed E-state index contributed by atoms with van der Waals surface area (Å²) in [4.78, 5) is 11.2. The van der Waals surface area contributed by atoms with E-state index in [4.69, 9.17) is 4.74 Å². The molecule has 0 amide bonds. The fourth-order valence-corrected chi connectivity index (χ4v) is 5.26. The van der Waals surface area contributed by atoms with Crippen molar-refractivity contribution in [2.45, 2.75) is 64.3 Å². The number of ether oxygens (including phenoxy) is 1. The number of hydrazone groups is 1. The molecule has 0 atom stereocenters. The van der Waals surface area contributed by atoms with E-state index in [2.05, 4.69) is 93.6 Å². The summed E-state index contributed by atoms with van der Waals surface area (Å²) in [5.74, 6) is 4.20. The Hall–Kier alpha value is -3.87.